The zero-order chi connectivity index (χ0) is 29.6. The van der Waals surface area contributed by atoms with Gasteiger partial charge < -0.3 is 31.1 Å². The fourth-order valence-electron chi connectivity index (χ4n) is 5.39. The zero-order valence-electron chi connectivity index (χ0n) is 23.8. The number of nitrogens with two attached hydrogens (primary N) is 1. The van der Waals surface area contributed by atoms with Crippen LogP contribution in [0.15, 0.2) is 29.0 Å². The van der Waals surface area contributed by atoms with Crippen LogP contribution in [-0.2, 0) is 20.8 Å². The summed E-state index contributed by atoms with van der Waals surface area (Å²) >= 11 is 0. The van der Waals surface area contributed by atoms with Crippen molar-refractivity contribution in [2.24, 2.45) is 17.6 Å². The molecule has 0 heterocycles. The number of carbonyl (C=O) groups excluding carboxylic acids is 3. The Morgan fingerprint density at radius 1 is 1.21 bits per heavy atom. The van der Waals surface area contributed by atoms with Crippen molar-refractivity contribution in [1.82, 2.24) is 4.90 Å². The fourth-order valence-corrected chi connectivity index (χ4v) is 5.39. The Morgan fingerprint density at radius 2 is 1.88 bits per heavy atom. The van der Waals surface area contributed by atoms with E-state index in [0.29, 0.717) is 0 Å². The first-order valence-electron chi connectivity index (χ1n) is 13.1. The molecule has 10 nitrogen and oxygen atoms in total. The molecule has 0 unspecified atom stereocenters. The molecule has 33 heavy (non-hydrogen) atoms. The number of aliphatic hydroxyl groups is 3. The monoisotopic (exact) mass is 463 g/mol. The number of aliphatic hydroxyl groups excluding tert-OH is 2. The number of hydrogen-bond acceptors (Lipinski definition) is 9. The third-order valence-corrected chi connectivity index (χ3v) is 6.81. The number of benzene rings is 1. The Balaban J connectivity index is 1.96. The second-order valence-corrected chi connectivity index (χ2v) is 8.76. The van der Waals surface area contributed by atoms with Crippen LogP contribution in [0, 0.1) is 11.8 Å². The molecule has 1 saturated carbocycles. The van der Waals surface area contributed by atoms with Crippen molar-refractivity contribution in [3.63, 3.8) is 0 Å². The van der Waals surface area contributed by atoms with Crippen LogP contribution in [0.3, 0.4) is 0 Å². The molecule has 6 N–H and O–H groups in total. The van der Waals surface area contributed by atoms with Crippen molar-refractivity contribution in [3.05, 3.63) is 40.2 Å². The summed E-state index contributed by atoms with van der Waals surface area (Å²) in [6, 6.07) is 1.16. The number of Topliss-reactive ketones (excluding diaryl/α,β-unsaturated/α-hetero) is 2. The van der Waals surface area contributed by atoms with Crippen LogP contribution < -0.4 is 10.6 Å². The van der Waals surface area contributed by atoms with Crippen LogP contribution in [-0.4, -0.2) is 82.5 Å². The number of fused-ring (bicyclic) bond motifs is 3. The standard InChI is InChI=1S/C23H27N3O7/c1-25(2)12-6-5-9-7-10-8-11-16(26(3)4)19(29)15(22(24)32)21(31)23(11,33)20(30)14(10)18(28)13(9)17(12)27/h5-6,10-11,16,27-28,31,33H,7-8H2,1-4H3,(H2,24,32)/t10-,11-,16-,23-/m0/s1/i1D3,2D3. The van der Waals surface area contributed by atoms with E-state index in [0.717, 1.165) is 6.07 Å². The highest BCUT2D eigenvalue weighted by Gasteiger charge is 2.64. The van der Waals surface area contributed by atoms with Gasteiger partial charge in [-0.05, 0) is 44.5 Å². The Morgan fingerprint density at radius 3 is 2.45 bits per heavy atom. The molecular weight excluding hydrogens is 430 g/mol. The molecule has 4 rings (SSSR count). The minimum atomic E-state index is -3.22. The van der Waals surface area contributed by atoms with Gasteiger partial charge >= 0.3 is 0 Å². The average molecular weight is 464 g/mol. The molecule has 0 aliphatic heterocycles. The second-order valence-electron chi connectivity index (χ2n) is 8.76. The molecule has 3 aliphatic carbocycles. The molecule has 4 atom stereocenters. The first-order chi connectivity index (χ1) is 17.8. The van der Waals surface area contributed by atoms with Gasteiger partial charge in [-0.1, -0.05) is 6.07 Å². The number of anilines is 1. The fraction of sp³-hybridized carbons (Fsp3) is 0.435. The lowest BCUT2D eigenvalue weighted by atomic mass is 9.57. The van der Waals surface area contributed by atoms with Crippen LogP contribution in [0.2, 0.25) is 0 Å². The highest BCUT2D eigenvalue weighted by atomic mass is 16.3. The van der Waals surface area contributed by atoms with Crippen LogP contribution in [0.1, 0.15) is 25.8 Å². The third-order valence-electron chi connectivity index (χ3n) is 6.81. The molecule has 176 valence electrons. The van der Waals surface area contributed by atoms with Crippen LogP contribution in [0.5, 0.6) is 5.75 Å². The first kappa shape index (κ1) is 16.3. The van der Waals surface area contributed by atoms with Crippen LogP contribution >= 0.6 is 0 Å². The van der Waals surface area contributed by atoms with E-state index in [1.807, 2.05) is 0 Å². The number of rotatable bonds is 3. The number of phenolic OH excluding ortho intramolecular Hbond substituents is 1. The topological polar surface area (TPSA) is 165 Å². The summed E-state index contributed by atoms with van der Waals surface area (Å²) in [7, 11) is 2.96. The maximum atomic E-state index is 13.8. The quantitative estimate of drug-likeness (QED) is 0.389. The van der Waals surface area contributed by atoms with Crippen LogP contribution in [0.25, 0.3) is 5.76 Å². The molecule has 0 aromatic heterocycles. The highest BCUT2D eigenvalue weighted by molar-refractivity contribution is 6.24. The summed E-state index contributed by atoms with van der Waals surface area (Å²) in [4.78, 5) is 40.3. The van der Waals surface area contributed by atoms with Gasteiger partial charge in [-0.3, -0.25) is 19.3 Å². The number of amides is 1. The van der Waals surface area contributed by atoms with Gasteiger partial charge in [0, 0.05) is 33.7 Å². The Bertz CT molecular complexity index is 1350. The summed E-state index contributed by atoms with van der Waals surface area (Å²) < 4.78 is 45.9. The van der Waals surface area contributed by atoms with E-state index < -0.39 is 94.6 Å². The van der Waals surface area contributed by atoms with Crippen LogP contribution in [0.4, 0.5) is 5.69 Å². The number of phenols is 1. The predicted molar refractivity (Wildman–Crippen MR) is 119 cm³/mol. The van der Waals surface area contributed by atoms with Crippen molar-refractivity contribution in [2.45, 2.75) is 24.5 Å². The van der Waals surface area contributed by atoms with E-state index in [2.05, 4.69) is 0 Å². The van der Waals surface area contributed by atoms with E-state index in [4.69, 9.17) is 14.0 Å². The smallest absolute Gasteiger partial charge is 0.255 e. The normalized spacial score (nSPS) is 32.5. The van der Waals surface area contributed by atoms with Crippen molar-refractivity contribution in [3.8, 4) is 5.75 Å². The summed E-state index contributed by atoms with van der Waals surface area (Å²) in [5, 5.41) is 44.7. The lowest BCUT2D eigenvalue weighted by Crippen LogP contribution is -2.65. The molecule has 1 amide bonds. The van der Waals surface area contributed by atoms with E-state index >= 15 is 0 Å². The summed E-state index contributed by atoms with van der Waals surface area (Å²) in [6.07, 6.45) is -0.144. The molecule has 0 saturated heterocycles. The minimum Gasteiger partial charge on any atom is -0.508 e. The van der Waals surface area contributed by atoms with Gasteiger partial charge in [-0.15, -0.1) is 0 Å². The Hall–Kier alpha value is -3.37. The number of hydrogen-bond donors (Lipinski definition) is 5. The van der Waals surface area contributed by atoms with E-state index in [-0.39, 0.29) is 23.3 Å². The maximum Gasteiger partial charge on any atom is 0.255 e. The van der Waals surface area contributed by atoms with Gasteiger partial charge in [0.2, 0.25) is 5.78 Å². The van der Waals surface area contributed by atoms with Crippen molar-refractivity contribution >= 4 is 28.9 Å². The van der Waals surface area contributed by atoms with Gasteiger partial charge in [0.15, 0.2) is 11.4 Å². The van der Waals surface area contributed by atoms with Crippen molar-refractivity contribution in [1.29, 1.82) is 0 Å². The highest BCUT2D eigenvalue weighted by Crippen LogP contribution is 2.53. The molecular formula is C23H27N3O7. The molecule has 0 spiro atoms. The molecule has 1 fully saturated rings. The number of likely N-dealkylation sites (N-methyl/N-ethyl adjacent to an activating group) is 1. The summed E-state index contributed by atoms with van der Waals surface area (Å²) in [5.41, 5.74) is 0.235. The predicted octanol–water partition coefficient (Wildman–Crippen LogP) is 0.0300. The van der Waals surface area contributed by atoms with Gasteiger partial charge in [0.1, 0.15) is 22.8 Å². The number of nitrogens with zero attached hydrogens (tertiary/aromatic N) is 2. The number of aromatic hydroxyl groups is 1. The molecule has 3 aliphatic rings. The number of carbonyl (C=O) groups is 3. The lowest BCUT2D eigenvalue weighted by molar-refractivity contribution is -0.153. The molecule has 0 radical (unpaired) electrons. The zero-order valence-corrected chi connectivity index (χ0v) is 17.8. The first-order valence-corrected chi connectivity index (χ1v) is 10.1. The van der Waals surface area contributed by atoms with Gasteiger partial charge in [0.25, 0.3) is 5.91 Å². The Labute approximate surface area is 198 Å². The summed E-state index contributed by atoms with van der Waals surface area (Å²) in [6.45, 7) is -6.45. The number of ketones is 2. The molecule has 1 aromatic rings. The third kappa shape index (κ3) is 2.90. The van der Waals surface area contributed by atoms with Gasteiger partial charge in [0.05, 0.1) is 17.3 Å². The molecule has 0 bridgehead atoms. The average Bonchev–Trinajstić information content (AvgIpc) is 2.75. The van der Waals surface area contributed by atoms with Crippen molar-refractivity contribution < 1.29 is 43.0 Å². The van der Waals surface area contributed by atoms with E-state index in [9.17, 15) is 34.8 Å². The second kappa shape index (κ2) is 7.32. The SMILES string of the molecule is [2H]C([2H])([2H])N(c1ccc2c(c1O)C(O)=C1C(=O)[C@]3(O)C(O)=C(C(N)=O)C(=O)[C@@H](N(C)C)[C@@H]3C[C@@H]1C2)C([2H])([2H])[2H]. The number of primary amides is 1. The molecule has 10 heteroatoms. The van der Waals surface area contributed by atoms with E-state index in [1.165, 1.54) is 25.1 Å². The van der Waals surface area contributed by atoms with Gasteiger partial charge in [-0.2, -0.15) is 0 Å². The molecule has 1 aromatic carbocycles. The summed E-state index contributed by atoms with van der Waals surface area (Å²) in [5.74, 6) is -8.57. The van der Waals surface area contributed by atoms with Gasteiger partial charge in [-0.25, -0.2) is 0 Å². The lowest BCUT2D eigenvalue weighted by Gasteiger charge is -2.50. The van der Waals surface area contributed by atoms with E-state index in [1.54, 1.807) is 0 Å². The largest absolute Gasteiger partial charge is 0.508 e. The Kier molecular flexibility index (Phi) is 3.61. The van der Waals surface area contributed by atoms with Crippen molar-refractivity contribution in [2.75, 3.05) is 32.9 Å². The minimum absolute atomic E-state index is 0.0219. The maximum absolute atomic E-state index is 13.8.